The van der Waals surface area contributed by atoms with E-state index in [2.05, 4.69) is 28.2 Å². The van der Waals surface area contributed by atoms with Crippen LogP contribution in [0.1, 0.15) is 32.6 Å². The van der Waals surface area contributed by atoms with Gasteiger partial charge in [-0.1, -0.05) is 40.9 Å². The first-order valence-electron chi connectivity index (χ1n) is 6.52. The lowest BCUT2D eigenvalue weighted by atomic mass is 10.00. The van der Waals surface area contributed by atoms with Gasteiger partial charge in [-0.25, -0.2) is 0 Å². The normalized spacial score (nSPS) is 23.9. The summed E-state index contributed by atoms with van der Waals surface area (Å²) in [6.07, 6.45) is 4.83. The molecule has 1 aliphatic heterocycles. The third kappa shape index (κ3) is 3.87. The van der Waals surface area contributed by atoms with Gasteiger partial charge < -0.3 is 10.1 Å². The quantitative estimate of drug-likeness (QED) is 0.850. The summed E-state index contributed by atoms with van der Waals surface area (Å²) in [5.41, 5.74) is 1.01. The van der Waals surface area contributed by atoms with Crippen molar-refractivity contribution in [3.05, 3.63) is 27.7 Å². The van der Waals surface area contributed by atoms with Gasteiger partial charge in [0.05, 0.1) is 16.8 Å². The van der Waals surface area contributed by atoms with E-state index < -0.39 is 0 Å². The van der Waals surface area contributed by atoms with E-state index in [-0.39, 0.29) is 0 Å². The second kappa shape index (κ2) is 6.78. The molecule has 1 aromatic rings. The summed E-state index contributed by atoms with van der Waals surface area (Å²) in [4.78, 5) is 0. The van der Waals surface area contributed by atoms with E-state index in [0.29, 0.717) is 12.1 Å². The molecule has 0 radical (unpaired) electrons. The number of ether oxygens (including phenoxy) is 1. The molecule has 1 fully saturated rings. The smallest absolute Gasteiger partial charge is 0.0638 e. The predicted molar refractivity (Wildman–Crippen MR) is 80.4 cm³/mol. The second-order valence-electron chi connectivity index (χ2n) is 4.77. The fourth-order valence-corrected chi connectivity index (χ4v) is 2.90. The van der Waals surface area contributed by atoms with Crippen molar-refractivity contribution >= 4 is 33.2 Å². The molecule has 2 nitrogen and oxygen atoms in total. The van der Waals surface area contributed by atoms with Crippen LogP contribution >= 0.6 is 27.5 Å². The van der Waals surface area contributed by atoms with Crippen molar-refractivity contribution in [3.63, 3.8) is 0 Å². The summed E-state index contributed by atoms with van der Waals surface area (Å²) >= 11 is 9.67. The number of anilines is 1. The number of halogens is 2. The minimum atomic E-state index is 0.396. The van der Waals surface area contributed by atoms with E-state index in [1.165, 1.54) is 6.42 Å². The Morgan fingerprint density at radius 1 is 1.50 bits per heavy atom. The molecule has 18 heavy (non-hydrogen) atoms. The summed E-state index contributed by atoms with van der Waals surface area (Å²) < 4.78 is 6.81. The molecule has 1 heterocycles. The number of nitrogens with one attached hydrogen (secondary N) is 1. The van der Waals surface area contributed by atoms with E-state index >= 15 is 0 Å². The highest BCUT2D eigenvalue weighted by molar-refractivity contribution is 9.10. The second-order valence-corrected chi connectivity index (χ2v) is 6.09. The van der Waals surface area contributed by atoms with Crippen LogP contribution in [0, 0.1) is 0 Å². The predicted octanol–water partition coefficient (Wildman–Crippen LogP) is 4.86. The first-order valence-corrected chi connectivity index (χ1v) is 7.69. The molecule has 1 saturated heterocycles. The third-order valence-corrected chi connectivity index (χ3v) is 4.09. The molecule has 100 valence electrons. The van der Waals surface area contributed by atoms with Crippen molar-refractivity contribution < 1.29 is 4.74 Å². The summed E-state index contributed by atoms with van der Waals surface area (Å²) in [6, 6.07) is 6.36. The molecule has 0 amide bonds. The molecular weight excluding hydrogens is 314 g/mol. The van der Waals surface area contributed by atoms with Crippen LogP contribution in [0.4, 0.5) is 5.69 Å². The first-order chi connectivity index (χ1) is 8.69. The average molecular weight is 333 g/mol. The van der Waals surface area contributed by atoms with E-state index in [0.717, 1.165) is 41.1 Å². The van der Waals surface area contributed by atoms with Crippen LogP contribution in [-0.2, 0) is 4.74 Å². The molecule has 0 aromatic heterocycles. The number of rotatable bonds is 4. The van der Waals surface area contributed by atoms with Gasteiger partial charge >= 0.3 is 0 Å². The Morgan fingerprint density at radius 3 is 3.11 bits per heavy atom. The maximum absolute atomic E-state index is 6.20. The molecular formula is C14H19BrClNO. The molecule has 1 aliphatic rings. The zero-order valence-electron chi connectivity index (χ0n) is 10.6. The van der Waals surface area contributed by atoms with Crippen LogP contribution < -0.4 is 5.32 Å². The van der Waals surface area contributed by atoms with Gasteiger partial charge in [-0.05, 0) is 37.5 Å². The zero-order chi connectivity index (χ0) is 13.0. The van der Waals surface area contributed by atoms with Crippen molar-refractivity contribution in [2.75, 3.05) is 11.9 Å². The van der Waals surface area contributed by atoms with Crippen LogP contribution in [0.2, 0.25) is 5.02 Å². The molecule has 0 saturated carbocycles. The molecule has 0 aliphatic carbocycles. The maximum Gasteiger partial charge on any atom is 0.0638 e. The lowest BCUT2D eigenvalue weighted by Crippen LogP contribution is -2.34. The minimum absolute atomic E-state index is 0.396. The largest absolute Gasteiger partial charge is 0.381 e. The van der Waals surface area contributed by atoms with E-state index in [1.807, 2.05) is 18.2 Å². The Balaban J connectivity index is 1.98. The molecule has 1 N–H and O–H groups in total. The van der Waals surface area contributed by atoms with Crippen LogP contribution in [0.5, 0.6) is 0 Å². The highest BCUT2D eigenvalue weighted by Crippen LogP contribution is 2.28. The van der Waals surface area contributed by atoms with Gasteiger partial charge in [0, 0.05) is 17.1 Å². The fraction of sp³-hybridized carbons (Fsp3) is 0.571. The fourth-order valence-electron chi connectivity index (χ4n) is 2.36. The Morgan fingerprint density at radius 2 is 2.33 bits per heavy atom. The monoisotopic (exact) mass is 331 g/mol. The molecule has 2 unspecified atom stereocenters. The molecule has 0 bridgehead atoms. The maximum atomic E-state index is 6.20. The summed E-state index contributed by atoms with van der Waals surface area (Å²) in [5, 5.41) is 4.31. The number of hydrogen-bond acceptors (Lipinski definition) is 2. The van der Waals surface area contributed by atoms with Gasteiger partial charge in [0.1, 0.15) is 0 Å². The van der Waals surface area contributed by atoms with Crippen LogP contribution in [0.3, 0.4) is 0 Å². The minimum Gasteiger partial charge on any atom is -0.381 e. The molecule has 2 atom stereocenters. The Hall–Kier alpha value is -0.250. The van der Waals surface area contributed by atoms with Crippen molar-refractivity contribution in [1.82, 2.24) is 0 Å². The van der Waals surface area contributed by atoms with Crippen molar-refractivity contribution in [3.8, 4) is 0 Å². The van der Waals surface area contributed by atoms with Crippen LogP contribution in [0.15, 0.2) is 22.7 Å². The molecule has 4 heteroatoms. The summed E-state index contributed by atoms with van der Waals surface area (Å²) in [7, 11) is 0. The van der Waals surface area contributed by atoms with Gasteiger partial charge in [0.25, 0.3) is 0 Å². The van der Waals surface area contributed by atoms with E-state index in [1.54, 1.807) is 0 Å². The topological polar surface area (TPSA) is 21.3 Å². The summed E-state index contributed by atoms with van der Waals surface area (Å²) in [5.74, 6) is 0. The standard InChI is InChI=1S/C14H19BrClNO/c1-2-3-12-9-11(6-7-18-12)17-14-8-10(15)4-5-13(14)16/h4-5,8,11-12,17H,2-3,6-7,9H2,1H3. The van der Waals surface area contributed by atoms with Crippen LogP contribution in [0.25, 0.3) is 0 Å². The first kappa shape index (κ1) is 14.2. The third-order valence-electron chi connectivity index (χ3n) is 3.27. The van der Waals surface area contributed by atoms with Gasteiger partial charge in [0.15, 0.2) is 0 Å². The van der Waals surface area contributed by atoms with Gasteiger partial charge in [-0.3, -0.25) is 0 Å². The zero-order valence-corrected chi connectivity index (χ0v) is 12.9. The SMILES string of the molecule is CCCC1CC(Nc2cc(Br)ccc2Cl)CCO1. The van der Waals surface area contributed by atoms with Gasteiger partial charge in [-0.2, -0.15) is 0 Å². The lowest BCUT2D eigenvalue weighted by Gasteiger charge is -2.31. The Labute approximate surface area is 122 Å². The lowest BCUT2D eigenvalue weighted by molar-refractivity contribution is 0.00598. The van der Waals surface area contributed by atoms with Crippen molar-refractivity contribution in [1.29, 1.82) is 0 Å². The van der Waals surface area contributed by atoms with Crippen molar-refractivity contribution in [2.24, 2.45) is 0 Å². The Bertz CT molecular complexity index is 397. The van der Waals surface area contributed by atoms with Gasteiger partial charge in [-0.15, -0.1) is 0 Å². The molecule has 2 rings (SSSR count). The highest BCUT2D eigenvalue weighted by Gasteiger charge is 2.22. The number of benzene rings is 1. The highest BCUT2D eigenvalue weighted by atomic mass is 79.9. The van der Waals surface area contributed by atoms with E-state index in [9.17, 15) is 0 Å². The van der Waals surface area contributed by atoms with E-state index in [4.69, 9.17) is 16.3 Å². The summed E-state index contributed by atoms with van der Waals surface area (Å²) in [6.45, 7) is 3.04. The van der Waals surface area contributed by atoms with Gasteiger partial charge in [0.2, 0.25) is 0 Å². The van der Waals surface area contributed by atoms with Crippen molar-refractivity contribution in [2.45, 2.75) is 44.8 Å². The van der Waals surface area contributed by atoms with Crippen LogP contribution in [-0.4, -0.2) is 18.8 Å². The molecule has 1 aromatic carbocycles. The number of hydrogen-bond donors (Lipinski definition) is 1. The average Bonchev–Trinajstić information content (AvgIpc) is 2.35. The molecule has 0 spiro atoms. The Kier molecular flexibility index (Phi) is 5.34.